The van der Waals surface area contributed by atoms with Gasteiger partial charge in [-0.05, 0) is 53.5 Å². The zero-order valence-electron chi connectivity index (χ0n) is 9.74. The van der Waals surface area contributed by atoms with Gasteiger partial charge in [0.1, 0.15) is 5.76 Å². The van der Waals surface area contributed by atoms with Gasteiger partial charge in [-0.25, -0.2) is 0 Å². The van der Waals surface area contributed by atoms with E-state index in [0.29, 0.717) is 0 Å². The molecule has 2 aromatic rings. The van der Waals surface area contributed by atoms with E-state index in [4.69, 9.17) is 10.2 Å². The Bertz CT molecular complexity index is 522. The first-order valence-corrected chi connectivity index (χ1v) is 6.96. The first-order valence-electron chi connectivity index (χ1n) is 5.35. The largest absolute Gasteiger partial charge is 0.468 e. The third-order valence-corrected chi connectivity index (χ3v) is 4.65. The van der Waals surface area contributed by atoms with Crippen molar-refractivity contribution < 1.29 is 4.42 Å². The van der Waals surface area contributed by atoms with Crippen LogP contribution in [-0.2, 0) is 0 Å². The van der Waals surface area contributed by atoms with Crippen LogP contribution >= 0.6 is 27.7 Å². The summed E-state index contributed by atoms with van der Waals surface area (Å²) in [5.41, 5.74) is 6.98. The lowest BCUT2D eigenvalue weighted by Gasteiger charge is -2.09. The van der Waals surface area contributed by atoms with E-state index in [2.05, 4.69) is 34.1 Å². The number of hydrogen-bond acceptors (Lipinski definition) is 3. The van der Waals surface area contributed by atoms with Crippen LogP contribution in [0, 0.1) is 6.92 Å². The number of rotatable bonds is 3. The highest BCUT2D eigenvalue weighted by atomic mass is 79.9. The van der Waals surface area contributed by atoms with Gasteiger partial charge in [0.05, 0.1) is 11.2 Å². The van der Waals surface area contributed by atoms with E-state index in [9.17, 15) is 0 Å². The van der Waals surface area contributed by atoms with E-state index in [1.165, 1.54) is 4.90 Å². The van der Waals surface area contributed by atoms with Crippen LogP contribution in [0.4, 0.5) is 0 Å². The molecule has 90 valence electrons. The van der Waals surface area contributed by atoms with E-state index >= 15 is 0 Å². The predicted octanol–water partition coefficient (Wildman–Crippen LogP) is 4.52. The summed E-state index contributed by atoms with van der Waals surface area (Å²) in [6.45, 7) is 3.95. The molecule has 1 aromatic carbocycles. The highest BCUT2D eigenvalue weighted by molar-refractivity contribution is 9.10. The lowest BCUT2D eigenvalue weighted by Crippen LogP contribution is -2.04. The molecule has 0 saturated heterocycles. The molecule has 0 fully saturated rings. The van der Waals surface area contributed by atoms with Crippen molar-refractivity contribution in [3.8, 4) is 0 Å². The van der Waals surface area contributed by atoms with Crippen LogP contribution in [0.3, 0.4) is 0 Å². The minimum absolute atomic E-state index is 0.0565. The van der Waals surface area contributed by atoms with E-state index in [1.54, 1.807) is 18.0 Å². The van der Waals surface area contributed by atoms with E-state index in [1.807, 2.05) is 19.9 Å². The van der Waals surface area contributed by atoms with Gasteiger partial charge in [0.15, 0.2) is 0 Å². The van der Waals surface area contributed by atoms with Gasteiger partial charge in [0.2, 0.25) is 0 Å². The monoisotopic (exact) mass is 311 g/mol. The molecular formula is C13H14BrNOS. The van der Waals surface area contributed by atoms with Crippen molar-refractivity contribution in [2.24, 2.45) is 5.73 Å². The van der Waals surface area contributed by atoms with Gasteiger partial charge < -0.3 is 10.2 Å². The van der Waals surface area contributed by atoms with Gasteiger partial charge in [0, 0.05) is 15.4 Å². The molecule has 0 bridgehead atoms. The summed E-state index contributed by atoms with van der Waals surface area (Å²) in [7, 11) is 0. The van der Waals surface area contributed by atoms with E-state index in [-0.39, 0.29) is 6.04 Å². The molecule has 0 aliphatic carbocycles. The van der Waals surface area contributed by atoms with Gasteiger partial charge >= 0.3 is 0 Å². The van der Waals surface area contributed by atoms with Crippen molar-refractivity contribution >= 4 is 27.7 Å². The van der Waals surface area contributed by atoms with Crippen LogP contribution in [0.5, 0.6) is 0 Å². The molecule has 2 N–H and O–H groups in total. The van der Waals surface area contributed by atoms with Crippen LogP contribution in [0.15, 0.2) is 49.2 Å². The van der Waals surface area contributed by atoms with Crippen molar-refractivity contribution in [1.82, 2.24) is 0 Å². The summed E-state index contributed by atoms with van der Waals surface area (Å²) < 4.78 is 6.35. The van der Waals surface area contributed by atoms with Crippen molar-refractivity contribution in [3.63, 3.8) is 0 Å². The lowest BCUT2D eigenvalue weighted by molar-refractivity contribution is 0.527. The summed E-state index contributed by atoms with van der Waals surface area (Å²) in [5.74, 6) is 0.943. The molecule has 0 unspecified atom stereocenters. The molecule has 0 aliphatic rings. The topological polar surface area (TPSA) is 39.2 Å². The normalized spacial score (nSPS) is 12.7. The highest BCUT2D eigenvalue weighted by Gasteiger charge is 2.08. The fourth-order valence-electron chi connectivity index (χ4n) is 1.48. The SMILES string of the molecule is Cc1occc1Sc1ccc([C@@H](C)N)cc1Br. The molecule has 0 aliphatic heterocycles. The summed E-state index contributed by atoms with van der Waals surface area (Å²) in [6, 6.07) is 8.25. The smallest absolute Gasteiger partial charge is 0.114 e. The molecule has 1 atom stereocenters. The molecule has 0 saturated carbocycles. The van der Waals surface area contributed by atoms with Gasteiger partial charge in [-0.3, -0.25) is 0 Å². The lowest BCUT2D eigenvalue weighted by atomic mass is 10.1. The quantitative estimate of drug-likeness (QED) is 0.905. The number of nitrogens with two attached hydrogens (primary N) is 1. The second kappa shape index (κ2) is 5.29. The van der Waals surface area contributed by atoms with Crippen LogP contribution in [-0.4, -0.2) is 0 Å². The van der Waals surface area contributed by atoms with Crippen LogP contribution in [0.2, 0.25) is 0 Å². The second-order valence-electron chi connectivity index (χ2n) is 3.92. The molecule has 17 heavy (non-hydrogen) atoms. The fraction of sp³-hybridized carbons (Fsp3) is 0.231. The zero-order chi connectivity index (χ0) is 12.4. The van der Waals surface area contributed by atoms with Crippen LogP contribution in [0.1, 0.15) is 24.3 Å². The maximum atomic E-state index is 5.85. The number of halogens is 1. The van der Waals surface area contributed by atoms with Crippen molar-refractivity contribution in [3.05, 3.63) is 46.3 Å². The van der Waals surface area contributed by atoms with E-state index < -0.39 is 0 Å². The Morgan fingerprint density at radius 2 is 2.06 bits per heavy atom. The van der Waals surface area contributed by atoms with Crippen LogP contribution < -0.4 is 5.73 Å². The number of hydrogen-bond donors (Lipinski definition) is 1. The Morgan fingerprint density at radius 3 is 2.59 bits per heavy atom. The molecule has 1 aromatic heterocycles. The maximum Gasteiger partial charge on any atom is 0.114 e. The first kappa shape index (κ1) is 12.7. The minimum atomic E-state index is 0.0565. The molecule has 2 rings (SSSR count). The molecule has 4 heteroatoms. The Balaban J connectivity index is 2.26. The van der Waals surface area contributed by atoms with E-state index in [0.717, 1.165) is 20.7 Å². The predicted molar refractivity (Wildman–Crippen MR) is 74.3 cm³/mol. The molecule has 1 heterocycles. The summed E-state index contributed by atoms with van der Waals surface area (Å²) in [6.07, 6.45) is 1.71. The molecular weight excluding hydrogens is 298 g/mol. The van der Waals surface area contributed by atoms with Gasteiger partial charge in [-0.15, -0.1) is 0 Å². The van der Waals surface area contributed by atoms with Gasteiger partial charge in [-0.1, -0.05) is 17.8 Å². The van der Waals surface area contributed by atoms with Gasteiger partial charge in [-0.2, -0.15) is 0 Å². The third-order valence-electron chi connectivity index (χ3n) is 2.51. The second-order valence-corrected chi connectivity index (χ2v) is 5.86. The van der Waals surface area contributed by atoms with Crippen LogP contribution in [0.25, 0.3) is 0 Å². The third kappa shape index (κ3) is 2.94. The maximum absolute atomic E-state index is 5.85. The fourth-order valence-corrected chi connectivity index (χ4v) is 2.96. The summed E-state index contributed by atoms with van der Waals surface area (Å²) in [5, 5.41) is 0. The van der Waals surface area contributed by atoms with Crippen molar-refractivity contribution in [2.75, 3.05) is 0 Å². The molecule has 0 spiro atoms. The van der Waals surface area contributed by atoms with Crippen molar-refractivity contribution in [1.29, 1.82) is 0 Å². The molecule has 2 nitrogen and oxygen atoms in total. The number of furan rings is 1. The Hall–Kier alpha value is -0.710. The van der Waals surface area contributed by atoms with Gasteiger partial charge in [0.25, 0.3) is 0 Å². The number of aryl methyl sites for hydroxylation is 1. The number of benzene rings is 1. The first-order chi connectivity index (χ1) is 8.08. The Morgan fingerprint density at radius 1 is 1.29 bits per heavy atom. The highest BCUT2D eigenvalue weighted by Crippen LogP contribution is 2.36. The standard InChI is InChI=1S/C13H14BrNOS/c1-8(15)10-3-4-13(11(14)7-10)17-12-5-6-16-9(12)2/h3-8H,15H2,1-2H3/t8-/m1/s1. The average molecular weight is 312 g/mol. The minimum Gasteiger partial charge on any atom is -0.468 e. The van der Waals surface area contributed by atoms with Crippen molar-refractivity contribution in [2.45, 2.75) is 29.7 Å². The Kier molecular flexibility index (Phi) is 3.97. The molecule has 0 amide bonds. The average Bonchev–Trinajstić information content (AvgIpc) is 2.67. The molecule has 0 radical (unpaired) electrons. The summed E-state index contributed by atoms with van der Waals surface area (Å²) >= 11 is 5.27. The zero-order valence-corrected chi connectivity index (χ0v) is 12.1. The Labute approximate surface area is 114 Å². The summed E-state index contributed by atoms with van der Waals surface area (Å²) in [4.78, 5) is 2.30.